The molecule has 0 fully saturated rings. The number of aliphatic hydroxyl groups excluding tert-OH is 1. The highest BCUT2D eigenvalue weighted by Gasteiger charge is 2.28. The first-order valence-corrected chi connectivity index (χ1v) is 12.1. The van der Waals surface area contributed by atoms with Gasteiger partial charge in [0.05, 0.1) is 12.2 Å². The molecule has 6 nitrogen and oxygen atoms in total. The van der Waals surface area contributed by atoms with Crippen LogP contribution < -0.4 is 10.1 Å². The van der Waals surface area contributed by atoms with Gasteiger partial charge in [-0.05, 0) is 75.1 Å². The Morgan fingerprint density at radius 3 is 2.56 bits per heavy atom. The van der Waals surface area contributed by atoms with Gasteiger partial charge in [0.25, 0.3) is 0 Å². The predicted molar refractivity (Wildman–Crippen MR) is 132 cm³/mol. The minimum atomic E-state index is -0.732. The van der Waals surface area contributed by atoms with Crippen LogP contribution in [0.2, 0.25) is 0 Å². The van der Waals surface area contributed by atoms with Crippen molar-refractivity contribution in [3.05, 3.63) is 64.7 Å². The lowest BCUT2D eigenvalue weighted by molar-refractivity contribution is -0.143. The number of carbonyl (C=O) groups excluding carboxylic acids is 1. The number of ether oxygens (including phenoxy) is 2. The second kappa shape index (κ2) is 12.0. The molecule has 0 bridgehead atoms. The van der Waals surface area contributed by atoms with E-state index in [1.54, 1.807) is 19.1 Å². The maximum atomic E-state index is 11.7. The minimum absolute atomic E-state index is 0.0586. The van der Waals surface area contributed by atoms with E-state index in [0.29, 0.717) is 36.8 Å². The van der Waals surface area contributed by atoms with Crippen LogP contribution in [0.15, 0.2) is 42.5 Å². The normalized spacial score (nSPS) is 14.3. The standard InChI is InChI=1S/C28H36N2O4/c1-4-33-26(32)13-12-21-10-7-11-24(17-29)27(21)34-19-25(31)18-30-28(2,3)16-20-14-22-8-5-6-9-23(22)15-20/h5-11,20,25,30-31H,4,12-16,18-19H2,1-3H3/t25-/m0/s1. The number of hydrogen-bond acceptors (Lipinski definition) is 6. The third kappa shape index (κ3) is 7.31. The van der Waals surface area contributed by atoms with Gasteiger partial charge >= 0.3 is 5.97 Å². The molecular weight excluding hydrogens is 428 g/mol. The number of hydrogen-bond donors (Lipinski definition) is 2. The largest absolute Gasteiger partial charge is 0.489 e. The number of nitrogens with zero attached hydrogens (tertiary/aromatic N) is 1. The molecule has 1 aliphatic carbocycles. The molecule has 2 aromatic rings. The fourth-order valence-electron chi connectivity index (χ4n) is 4.73. The molecule has 0 heterocycles. The maximum absolute atomic E-state index is 11.7. The van der Waals surface area contributed by atoms with Crippen molar-refractivity contribution in [2.24, 2.45) is 5.92 Å². The van der Waals surface area contributed by atoms with Crippen molar-refractivity contribution in [2.75, 3.05) is 19.8 Å². The predicted octanol–water partition coefficient (Wildman–Crippen LogP) is 3.97. The van der Waals surface area contributed by atoms with Crippen LogP contribution in [0.25, 0.3) is 0 Å². The highest BCUT2D eigenvalue weighted by molar-refractivity contribution is 5.70. The number of aryl methyl sites for hydroxylation is 1. The van der Waals surface area contributed by atoms with Crippen LogP contribution in [0.4, 0.5) is 0 Å². The van der Waals surface area contributed by atoms with Gasteiger partial charge in [-0.1, -0.05) is 36.4 Å². The lowest BCUT2D eigenvalue weighted by atomic mass is 9.88. The Labute approximate surface area is 202 Å². The van der Waals surface area contributed by atoms with E-state index in [1.807, 2.05) is 6.07 Å². The van der Waals surface area contributed by atoms with E-state index < -0.39 is 6.10 Å². The first-order valence-electron chi connectivity index (χ1n) is 12.1. The molecule has 2 aromatic carbocycles. The van der Waals surface area contributed by atoms with Crippen LogP contribution in [0.5, 0.6) is 5.75 Å². The molecular formula is C28H36N2O4. The van der Waals surface area contributed by atoms with Crippen molar-refractivity contribution in [3.8, 4) is 11.8 Å². The van der Waals surface area contributed by atoms with Gasteiger partial charge in [0.1, 0.15) is 24.5 Å². The quantitative estimate of drug-likeness (QED) is 0.462. The van der Waals surface area contributed by atoms with Crippen molar-refractivity contribution in [1.29, 1.82) is 5.26 Å². The van der Waals surface area contributed by atoms with E-state index in [4.69, 9.17) is 9.47 Å². The van der Waals surface area contributed by atoms with Gasteiger partial charge in [0, 0.05) is 18.5 Å². The van der Waals surface area contributed by atoms with Crippen LogP contribution >= 0.6 is 0 Å². The summed E-state index contributed by atoms with van der Waals surface area (Å²) in [6, 6.07) is 16.1. The van der Waals surface area contributed by atoms with E-state index in [-0.39, 0.29) is 24.5 Å². The highest BCUT2D eigenvalue weighted by atomic mass is 16.5. The van der Waals surface area contributed by atoms with Crippen molar-refractivity contribution >= 4 is 5.97 Å². The molecule has 0 saturated carbocycles. The van der Waals surface area contributed by atoms with Crippen molar-refractivity contribution < 1.29 is 19.4 Å². The second-order valence-electron chi connectivity index (χ2n) is 9.69. The number of aliphatic hydroxyl groups is 1. The number of β-amino-alcohol motifs (C(OH)–C–C–N with tert-alkyl or cyclic N) is 1. The fourth-order valence-corrected chi connectivity index (χ4v) is 4.73. The zero-order chi connectivity index (χ0) is 24.6. The summed E-state index contributed by atoms with van der Waals surface area (Å²) in [5.74, 6) is 0.738. The van der Waals surface area contributed by atoms with E-state index in [0.717, 1.165) is 24.8 Å². The van der Waals surface area contributed by atoms with Gasteiger partial charge in [-0.25, -0.2) is 0 Å². The number of carbonyl (C=O) groups is 1. The third-order valence-electron chi connectivity index (χ3n) is 6.29. The Kier molecular flexibility index (Phi) is 9.09. The number of benzene rings is 2. The van der Waals surface area contributed by atoms with Crippen LogP contribution in [0.1, 0.15) is 55.9 Å². The molecule has 0 amide bonds. The number of nitriles is 1. The van der Waals surface area contributed by atoms with E-state index in [1.165, 1.54) is 11.1 Å². The Morgan fingerprint density at radius 1 is 1.21 bits per heavy atom. The van der Waals surface area contributed by atoms with Gasteiger partial charge in [0.2, 0.25) is 0 Å². The first-order chi connectivity index (χ1) is 16.3. The summed E-state index contributed by atoms with van der Waals surface area (Å²) >= 11 is 0. The summed E-state index contributed by atoms with van der Waals surface area (Å²) in [5, 5.41) is 23.5. The summed E-state index contributed by atoms with van der Waals surface area (Å²) in [6.45, 7) is 6.89. The molecule has 182 valence electrons. The minimum Gasteiger partial charge on any atom is -0.489 e. The zero-order valence-corrected chi connectivity index (χ0v) is 20.5. The SMILES string of the molecule is CCOC(=O)CCc1cccc(C#N)c1OC[C@@H](O)CNC(C)(C)CC1Cc2ccccc2C1. The molecule has 0 unspecified atom stereocenters. The summed E-state index contributed by atoms with van der Waals surface area (Å²) in [6.07, 6.45) is 3.12. The van der Waals surface area contributed by atoms with Crippen molar-refractivity contribution in [2.45, 2.75) is 64.5 Å². The molecule has 2 N–H and O–H groups in total. The van der Waals surface area contributed by atoms with Gasteiger partial charge in [-0.2, -0.15) is 5.26 Å². The average molecular weight is 465 g/mol. The molecule has 0 radical (unpaired) electrons. The molecule has 0 aromatic heterocycles. The number of para-hydroxylation sites is 1. The van der Waals surface area contributed by atoms with E-state index in [9.17, 15) is 15.2 Å². The van der Waals surface area contributed by atoms with Crippen LogP contribution in [0, 0.1) is 17.2 Å². The zero-order valence-electron chi connectivity index (χ0n) is 20.5. The molecule has 34 heavy (non-hydrogen) atoms. The topological polar surface area (TPSA) is 91.6 Å². The maximum Gasteiger partial charge on any atom is 0.306 e. The molecule has 0 aliphatic heterocycles. The van der Waals surface area contributed by atoms with Crippen molar-refractivity contribution in [3.63, 3.8) is 0 Å². The molecule has 0 saturated heterocycles. The molecule has 1 atom stereocenters. The molecule has 0 spiro atoms. The summed E-state index contributed by atoms with van der Waals surface area (Å²) in [5.41, 5.74) is 3.93. The van der Waals surface area contributed by atoms with Gasteiger partial charge < -0.3 is 19.9 Å². The lowest BCUT2D eigenvalue weighted by Gasteiger charge is -2.30. The third-order valence-corrected chi connectivity index (χ3v) is 6.29. The van der Waals surface area contributed by atoms with Gasteiger partial charge in [0.15, 0.2) is 0 Å². The highest BCUT2D eigenvalue weighted by Crippen LogP contribution is 2.32. The van der Waals surface area contributed by atoms with Crippen molar-refractivity contribution in [1.82, 2.24) is 5.32 Å². The molecule has 6 heteroatoms. The number of esters is 1. The monoisotopic (exact) mass is 464 g/mol. The van der Waals surface area contributed by atoms with Gasteiger partial charge in [-0.15, -0.1) is 0 Å². The van der Waals surface area contributed by atoms with Crippen LogP contribution in [0.3, 0.4) is 0 Å². The first kappa shape index (κ1) is 25.7. The number of nitrogens with one attached hydrogen (secondary N) is 1. The van der Waals surface area contributed by atoms with E-state index in [2.05, 4.69) is 49.5 Å². The summed E-state index contributed by atoms with van der Waals surface area (Å²) in [7, 11) is 0. The Hall–Kier alpha value is -2.88. The van der Waals surface area contributed by atoms with E-state index >= 15 is 0 Å². The summed E-state index contributed by atoms with van der Waals surface area (Å²) in [4.78, 5) is 11.7. The Morgan fingerprint density at radius 2 is 1.91 bits per heavy atom. The Bertz CT molecular complexity index is 987. The van der Waals surface area contributed by atoms with Gasteiger partial charge in [-0.3, -0.25) is 4.79 Å². The fraction of sp³-hybridized carbons (Fsp3) is 0.500. The summed E-state index contributed by atoms with van der Waals surface area (Å²) < 4.78 is 10.9. The van der Waals surface area contributed by atoms with Crippen LogP contribution in [-0.2, 0) is 28.8 Å². The molecule has 1 aliphatic rings. The molecule has 3 rings (SSSR count). The number of rotatable bonds is 12. The number of fused-ring (bicyclic) bond motifs is 1. The second-order valence-corrected chi connectivity index (χ2v) is 9.69. The average Bonchev–Trinajstić information content (AvgIpc) is 3.21. The lowest BCUT2D eigenvalue weighted by Crippen LogP contribution is -2.46. The smallest absolute Gasteiger partial charge is 0.306 e. The van der Waals surface area contributed by atoms with Crippen LogP contribution in [-0.4, -0.2) is 42.5 Å². The Balaban J connectivity index is 1.50.